The van der Waals surface area contributed by atoms with E-state index in [-0.39, 0.29) is 18.4 Å². The lowest BCUT2D eigenvalue weighted by Gasteiger charge is -2.22. The third-order valence-electron chi connectivity index (χ3n) is 6.33. The predicted molar refractivity (Wildman–Crippen MR) is 127 cm³/mol. The SMILES string of the molecule is CCN(CCCCC(NC(=O)c1cnc[nH]1)C(=O)NCc1cnco1)C1CC1c1ccccc1. The summed E-state index contributed by atoms with van der Waals surface area (Å²) in [5.74, 6) is 0.576. The lowest BCUT2D eigenvalue weighted by atomic mass is 10.1. The van der Waals surface area contributed by atoms with Crippen molar-refractivity contribution in [2.45, 2.75) is 57.2 Å². The second kappa shape index (κ2) is 11.6. The maximum atomic E-state index is 12.8. The monoisotopic (exact) mass is 464 g/mol. The molecule has 0 bridgehead atoms. The Hall–Kier alpha value is -3.46. The van der Waals surface area contributed by atoms with Gasteiger partial charge in [-0.2, -0.15) is 0 Å². The number of H-pyrrole nitrogens is 1. The molecular weight excluding hydrogens is 432 g/mol. The molecule has 0 spiro atoms. The van der Waals surface area contributed by atoms with Crippen molar-refractivity contribution in [1.29, 1.82) is 0 Å². The van der Waals surface area contributed by atoms with E-state index < -0.39 is 6.04 Å². The maximum Gasteiger partial charge on any atom is 0.269 e. The number of benzene rings is 1. The van der Waals surface area contributed by atoms with E-state index in [1.54, 1.807) is 6.20 Å². The summed E-state index contributed by atoms with van der Waals surface area (Å²) in [7, 11) is 0. The summed E-state index contributed by atoms with van der Waals surface area (Å²) in [4.78, 5) is 38.4. The van der Waals surface area contributed by atoms with E-state index in [0.717, 1.165) is 25.9 Å². The number of hydrogen-bond donors (Lipinski definition) is 3. The number of amides is 2. The van der Waals surface area contributed by atoms with E-state index in [0.29, 0.717) is 29.8 Å². The van der Waals surface area contributed by atoms with Crippen LogP contribution in [0.15, 0.2) is 59.9 Å². The van der Waals surface area contributed by atoms with Crippen LogP contribution in [0, 0.1) is 0 Å². The Kier molecular flexibility index (Phi) is 8.08. The van der Waals surface area contributed by atoms with Gasteiger partial charge in [0, 0.05) is 12.0 Å². The minimum atomic E-state index is -0.646. The number of carbonyl (C=O) groups is 2. The average molecular weight is 465 g/mol. The molecule has 1 aliphatic rings. The van der Waals surface area contributed by atoms with E-state index in [2.05, 4.69) is 67.7 Å². The Balaban J connectivity index is 1.27. The van der Waals surface area contributed by atoms with E-state index >= 15 is 0 Å². The van der Waals surface area contributed by atoms with Crippen LogP contribution in [0.25, 0.3) is 0 Å². The molecule has 1 fully saturated rings. The van der Waals surface area contributed by atoms with Crippen molar-refractivity contribution in [3.8, 4) is 0 Å². The molecule has 1 saturated carbocycles. The van der Waals surface area contributed by atoms with Crippen LogP contribution < -0.4 is 10.6 Å². The van der Waals surface area contributed by atoms with Crippen LogP contribution in [-0.2, 0) is 11.3 Å². The van der Waals surface area contributed by atoms with Gasteiger partial charge in [-0.25, -0.2) is 9.97 Å². The number of unbranched alkanes of at least 4 members (excludes halogenated alkanes) is 1. The molecule has 1 aliphatic carbocycles. The van der Waals surface area contributed by atoms with Crippen LogP contribution in [0.2, 0.25) is 0 Å². The molecule has 180 valence electrons. The molecule has 2 heterocycles. The number of oxazole rings is 1. The Bertz CT molecular complexity index is 1020. The number of imidazole rings is 1. The molecule has 0 radical (unpaired) electrons. The smallest absolute Gasteiger partial charge is 0.269 e. The van der Waals surface area contributed by atoms with Crippen molar-refractivity contribution in [2.75, 3.05) is 13.1 Å². The van der Waals surface area contributed by atoms with Gasteiger partial charge in [0.05, 0.1) is 25.3 Å². The third kappa shape index (κ3) is 6.32. The fraction of sp³-hybridized carbons (Fsp3) is 0.440. The highest BCUT2D eigenvalue weighted by Gasteiger charge is 2.41. The Morgan fingerprint density at radius 3 is 2.76 bits per heavy atom. The molecular formula is C25H32N6O3. The topological polar surface area (TPSA) is 116 Å². The number of aromatic amines is 1. The first kappa shape index (κ1) is 23.7. The highest BCUT2D eigenvalue weighted by Crippen LogP contribution is 2.44. The molecule has 3 N–H and O–H groups in total. The van der Waals surface area contributed by atoms with Gasteiger partial charge >= 0.3 is 0 Å². The Labute approximate surface area is 199 Å². The number of aromatic nitrogens is 3. The van der Waals surface area contributed by atoms with Crippen LogP contribution >= 0.6 is 0 Å². The summed E-state index contributed by atoms with van der Waals surface area (Å²) in [6.07, 6.45) is 9.28. The number of nitrogens with one attached hydrogen (secondary N) is 3. The van der Waals surface area contributed by atoms with Crippen LogP contribution in [0.4, 0.5) is 0 Å². The van der Waals surface area contributed by atoms with Gasteiger partial charge in [0.25, 0.3) is 5.91 Å². The van der Waals surface area contributed by atoms with Crippen molar-refractivity contribution >= 4 is 11.8 Å². The van der Waals surface area contributed by atoms with Gasteiger partial charge in [0.15, 0.2) is 6.39 Å². The number of likely N-dealkylation sites (N-methyl/N-ethyl adjacent to an activating group) is 1. The van der Waals surface area contributed by atoms with Gasteiger partial charge in [-0.3, -0.25) is 9.59 Å². The first-order valence-corrected chi connectivity index (χ1v) is 11.9. The normalized spacial score (nSPS) is 17.9. The van der Waals surface area contributed by atoms with E-state index in [1.165, 1.54) is 30.9 Å². The fourth-order valence-electron chi connectivity index (χ4n) is 4.38. The van der Waals surface area contributed by atoms with E-state index in [9.17, 15) is 9.59 Å². The van der Waals surface area contributed by atoms with Crippen LogP contribution in [0.5, 0.6) is 0 Å². The summed E-state index contributed by atoms with van der Waals surface area (Å²) < 4.78 is 5.18. The lowest BCUT2D eigenvalue weighted by molar-refractivity contribution is -0.123. The number of carbonyl (C=O) groups excluding carboxylic acids is 2. The highest BCUT2D eigenvalue weighted by atomic mass is 16.3. The largest absolute Gasteiger partial charge is 0.447 e. The molecule has 3 atom stereocenters. The molecule has 1 aromatic carbocycles. The second-order valence-corrected chi connectivity index (χ2v) is 8.62. The zero-order chi connectivity index (χ0) is 23.8. The van der Waals surface area contributed by atoms with Gasteiger partial charge in [0.1, 0.15) is 17.5 Å². The summed E-state index contributed by atoms with van der Waals surface area (Å²) in [5, 5.41) is 5.66. The lowest BCUT2D eigenvalue weighted by Crippen LogP contribution is -2.46. The summed E-state index contributed by atoms with van der Waals surface area (Å²) in [6, 6.07) is 10.6. The molecule has 0 aliphatic heterocycles. The van der Waals surface area contributed by atoms with E-state index in [4.69, 9.17) is 4.42 Å². The van der Waals surface area contributed by atoms with Crippen LogP contribution in [-0.4, -0.2) is 56.8 Å². The van der Waals surface area contributed by atoms with Crippen molar-refractivity contribution in [3.05, 3.63) is 72.5 Å². The predicted octanol–water partition coefficient (Wildman–Crippen LogP) is 2.86. The molecule has 9 heteroatoms. The Morgan fingerprint density at radius 2 is 2.06 bits per heavy atom. The summed E-state index contributed by atoms with van der Waals surface area (Å²) in [5.41, 5.74) is 1.74. The average Bonchev–Trinajstić information content (AvgIpc) is 3.24. The zero-order valence-electron chi connectivity index (χ0n) is 19.4. The number of nitrogens with zero attached hydrogens (tertiary/aromatic N) is 3. The van der Waals surface area contributed by atoms with Gasteiger partial charge in [-0.05, 0) is 44.3 Å². The van der Waals surface area contributed by atoms with Crippen molar-refractivity contribution < 1.29 is 14.0 Å². The number of hydrogen-bond acceptors (Lipinski definition) is 6. The first-order chi connectivity index (χ1) is 16.7. The molecule has 2 amide bonds. The van der Waals surface area contributed by atoms with Crippen molar-refractivity contribution in [2.24, 2.45) is 0 Å². The van der Waals surface area contributed by atoms with Crippen LogP contribution in [0.3, 0.4) is 0 Å². The highest BCUT2D eigenvalue weighted by molar-refractivity contribution is 5.95. The molecule has 0 saturated heterocycles. The van der Waals surface area contributed by atoms with Crippen LogP contribution in [0.1, 0.15) is 60.3 Å². The first-order valence-electron chi connectivity index (χ1n) is 11.9. The quantitative estimate of drug-likeness (QED) is 0.335. The molecule has 3 unspecified atom stereocenters. The van der Waals surface area contributed by atoms with Gasteiger partial charge < -0.3 is 24.9 Å². The fourth-order valence-corrected chi connectivity index (χ4v) is 4.38. The maximum absolute atomic E-state index is 12.8. The van der Waals surface area contributed by atoms with Gasteiger partial charge in [-0.15, -0.1) is 0 Å². The zero-order valence-corrected chi connectivity index (χ0v) is 19.4. The molecule has 34 heavy (non-hydrogen) atoms. The van der Waals surface area contributed by atoms with Crippen molar-refractivity contribution in [3.63, 3.8) is 0 Å². The molecule has 3 aromatic rings. The van der Waals surface area contributed by atoms with Gasteiger partial charge in [-0.1, -0.05) is 37.3 Å². The number of rotatable bonds is 13. The summed E-state index contributed by atoms with van der Waals surface area (Å²) in [6.45, 7) is 4.41. The second-order valence-electron chi connectivity index (χ2n) is 8.62. The Morgan fingerprint density at radius 1 is 1.21 bits per heavy atom. The minimum Gasteiger partial charge on any atom is -0.447 e. The molecule has 4 rings (SSSR count). The third-order valence-corrected chi connectivity index (χ3v) is 6.33. The summed E-state index contributed by atoms with van der Waals surface area (Å²) >= 11 is 0. The van der Waals surface area contributed by atoms with Crippen molar-refractivity contribution in [1.82, 2.24) is 30.5 Å². The molecule has 9 nitrogen and oxygen atoms in total. The van der Waals surface area contributed by atoms with Gasteiger partial charge in [0.2, 0.25) is 5.91 Å². The molecule has 2 aromatic heterocycles. The standard InChI is InChI=1S/C25H32N6O3/c1-2-31(23-12-20(23)18-8-4-3-5-9-18)11-7-6-10-21(30-25(33)22-15-26-16-29-22)24(32)28-14-19-13-27-17-34-19/h3-5,8-9,13,15-17,20-21,23H,2,6-7,10-12,14H2,1H3,(H,26,29)(H,28,32)(H,30,33). The van der Waals surface area contributed by atoms with E-state index in [1.807, 2.05) is 0 Å². The minimum absolute atomic E-state index is 0.224.